The molecule has 1 aliphatic rings. The molecule has 0 aliphatic heterocycles. The van der Waals surface area contributed by atoms with Gasteiger partial charge in [-0.3, -0.25) is 9.59 Å². The van der Waals surface area contributed by atoms with Crippen LogP contribution in [0.4, 0.5) is 10.1 Å². The molecule has 2 atom stereocenters. The van der Waals surface area contributed by atoms with E-state index in [0.717, 1.165) is 0 Å². The number of methoxy groups -OCH3 is 1. The number of hydrogen-bond acceptors (Lipinski definition) is 4. The van der Waals surface area contributed by atoms with Crippen LogP contribution in [0, 0.1) is 11.7 Å². The van der Waals surface area contributed by atoms with E-state index in [9.17, 15) is 14.0 Å². The van der Waals surface area contributed by atoms with E-state index in [1.165, 1.54) is 37.4 Å². The summed E-state index contributed by atoms with van der Waals surface area (Å²) in [4.78, 5) is 29.9. The van der Waals surface area contributed by atoms with Crippen molar-refractivity contribution in [2.45, 2.75) is 16.7 Å². The first-order valence-electron chi connectivity index (χ1n) is 10.2. The van der Waals surface area contributed by atoms with Crippen molar-refractivity contribution in [3.63, 3.8) is 0 Å². The maximum absolute atomic E-state index is 13.5. The molecule has 4 rings (SSSR count). The number of halogens is 6. The lowest BCUT2D eigenvalue weighted by Gasteiger charge is -2.10. The molecule has 0 bridgehead atoms. The number of amides is 1. The highest BCUT2D eigenvalue weighted by Crippen LogP contribution is 2.65. The molecule has 5 nitrogen and oxygen atoms in total. The Balaban J connectivity index is 1.50. The Labute approximate surface area is 225 Å². The topological polar surface area (TPSA) is 68.3 Å². The maximum Gasteiger partial charge on any atom is 0.231 e. The number of carbonyl (C=O) groups excluding carboxylic acids is 2. The van der Waals surface area contributed by atoms with Crippen molar-refractivity contribution in [3.8, 4) is 5.88 Å². The Morgan fingerprint density at radius 1 is 1.06 bits per heavy atom. The van der Waals surface area contributed by atoms with Gasteiger partial charge in [-0.15, -0.1) is 23.2 Å². The van der Waals surface area contributed by atoms with E-state index < -0.39 is 27.9 Å². The van der Waals surface area contributed by atoms with Crippen molar-refractivity contribution >= 4 is 75.4 Å². The molecule has 0 spiro atoms. The number of carbonyl (C=O) groups is 2. The molecule has 1 aliphatic carbocycles. The highest BCUT2D eigenvalue weighted by atomic mass is 35.5. The molecular weight excluding hydrogens is 561 g/mol. The molecule has 2 unspecified atom stereocenters. The molecule has 11 heteroatoms. The van der Waals surface area contributed by atoms with Crippen LogP contribution in [0.2, 0.25) is 15.2 Å². The van der Waals surface area contributed by atoms with Crippen molar-refractivity contribution in [3.05, 3.63) is 86.2 Å². The van der Waals surface area contributed by atoms with E-state index in [1.54, 1.807) is 18.2 Å². The second-order valence-electron chi connectivity index (χ2n) is 7.89. The van der Waals surface area contributed by atoms with E-state index in [4.69, 9.17) is 62.7 Å². The zero-order valence-electron chi connectivity index (χ0n) is 17.9. The minimum absolute atomic E-state index is 0.0601. The highest BCUT2D eigenvalue weighted by Gasteiger charge is 2.67. The molecule has 0 radical (unpaired) electrons. The number of ketones is 1. The summed E-state index contributed by atoms with van der Waals surface area (Å²) in [6, 6.07) is 11.8. The quantitative estimate of drug-likeness (QED) is 0.184. The van der Waals surface area contributed by atoms with Gasteiger partial charge in [-0.2, -0.15) is 0 Å². The predicted molar refractivity (Wildman–Crippen MR) is 136 cm³/mol. The van der Waals surface area contributed by atoms with Gasteiger partial charge >= 0.3 is 0 Å². The minimum Gasteiger partial charge on any atom is -0.481 e. The Morgan fingerprint density at radius 3 is 2.46 bits per heavy atom. The predicted octanol–water partition coefficient (Wildman–Crippen LogP) is 7.14. The number of rotatable bonds is 7. The Kier molecular flexibility index (Phi) is 7.51. The van der Waals surface area contributed by atoms with Crippen LogP contribution in [0.1, 0.15) is 27.4 Å². The molecule has 1 fully saturated rings. The monoisotopic (exact) mass is 574 g/mol. The van der Waals surface area contributed by atoms with E-state index in [1.807, 2.05) is 0 Å². The Morgan fingerprint density at radius 2 is 1.80 bits per heavy atom. The first-order chi connectivity index (χ1) is 16.5. The van der Waals surface area contributed by atoms with E-state index in [0.29, 0.717) is 22.7 Å². The van der Waals surface area contributed by atoms with Gasteiger partial charge in [-0.25, -0.2) is 9.37 Å². The first kappa shape index (κ1) is 26.0. The van der Waals surface area contributed by atoms with Crippen LogP contribution >= 0.6 is 58.0 Å². The second-order valence-corrected chi connectivity index (χ2v) is 10.5. The van der Waals surface area contributed by atoms with Crippen molar-refractivity contribution in [1.29, 1.82) is 0 Å². The fourth-order valence-electron chi connectivity index (χ4n) is 3.77. The van der Waals surface area contributed by atoms with E-state index in [-0.39, 0.29) is 33.0 Å². The van der Waals surface area contributed by atoms with Crippen LogP contribution in [-0.2, 0) is 11.2 Å². The van der Waals surface area contributed by atoms with E-state index >= 15 is 0 Å². The third kappa shape index (κ3) is 5.37. The average molecular weight is 577 g/mol. The fourth-order valence-corrected chi connectivity index (χ4v) is 5.22. The highest BCUT2D eigenvalue weighted by molar-refractivity contribution is 6.53. The number of benzene rings is 2. The maximum atomic E-state index is 13.5. The lowest BCUT2D eigenvalue weighted by atomic mass is 10.0. The number of pyridine rings is 1. The molecule has 1 heterocycles. The Bertz CT molecular complexity index is 1330. The number of nitrogens with zero attached hydrogens (tertiary/aromatic N) is 1. The summed E-state index contributed by atoms with van der Waals surface area (Å²) in [5.41, 5.74) is 1.56. The molecule has 3 aromatic rings. The molecule has 1 amide bonds. The first-order valence-corrected chi connectivity index (χ1v) is 12.1. The standard InChI is InChI=1S/C24H16Cl5FN2O3/c1-35-19-7-3-12(22(27)32-19)9-18(33)14-10-13(4-5-15(14)25)31-23(34)21-20(24(21,28)29)11-2-6-17(30)16(26)8-11/h2-8,10,20-21H,9H2,1H3,(H,31,34). The lowest BCUT2D eigenvalue weighted by molar-refractivity contribution is -0.117. The summed E-state index contributed by atoms with van der Waals surface area (Å²) in [5, 5.41) is 2.97. The molecule has 1 aromatic heterocycles. The number of nitrogens with one attached hydrogen (secondary N) is 1. The number of ether oxygens (including phenoxy) is 1. The van der Waals surface area contributed by atoms with Crippen LogP contribution in [0.15, 0.2) is 48.5 Å². The molecule has 0 saturated heterocycles. The smallest absolute Gasteiger partial charge is 0.231 e. The van der Waals surface area contributed by atoms with Gasteiger partial charge in [0.15, 0.2) is 5.78 Å². The van der Waals surface area contributed by atoms with Gasteiger partial charge in [0.1, 0.15) is 15.3 Å². The van der Waals surface area contributed by atoms with Gasteiger partial charge in [-0.05, 0) is 41.5 Å². The third-order valence-electron chi connectivity index (χ3n) is 5.63. The largest absolute Gasteiger partial charge is 0.481 e. The van der Waals surface area contributed by atoms with Crippen molar-refractivity contribution in [2.75, 3.05) is 12.4 Å². The van der Waals surface area contributed by atoms with Gasteiger partial charge in [-0.1, -0.05) is 46.9 Å². The fraction of sp³-hybridized carbons (Fsp3) is 0.208. The van der Waals surface area contributed by atoms with Crippen molar-refractivity contribution in [1.82, 2.24) is 4.98 Å². The van der Waals surface area contributed by atoms with Crippen LogP contribution in [-0.4, -0.2) is 28.1 Å². The van der Waals surface area contributed by atoms with E-state index in [2.05, 4.69) is 10.3 Å². The molecule has 35 heavy (non-hydrogen) atoms. The lowest BCUT2D eigenvalue weighted by Crippen LogP contribution is -2.17. The van der Waals surface area contributed by atoms with Crippen LogP contribution in [0.3, 0.4) is 0 Å². The van der Waals surface area contributed by atoms with Gasteiger partial charge in [0, 0.05) is 29.7 Å². The molecular formula is C24H16Cl5FN2O3. The molecule has 1 saturated carbocycles. The van der Waals surface area contributed by atoms with Crippen LogP contribution in [0.5, 0.6) is 5.88 Å². The van der Waals surface area contributed by atoms with Gasteiger partial charge < -0.3 is 10.1 Å². The number of Topliss-reactive ketones (excluding diaryl/α,β-unsaturated/α-hetero) is 1. The van der Waals surface area contributed by atoms with Crippen LogP contribution < -0.4 is 10.1 Å². The average Bonchev–Trinajstić information content (AvgIpc) is 3.40. The van der Waals surface area contributed by atoms with Gasteiger partial charge in [0.05, 0.1) is 23.1 Å². The third-order valence-corrected chi connectivity index (χ3v) is 7.52. The summed E-state index contributed by atoms with van der Waals surface area (Å²) in [7, 11) is 1.46. The SMILES string of the molecule is COc1ccc(CC(=O)c2cc(NC(=O)C3C(c4ccc(F)c(Cl)c4)C3(Cl)Cl)ccc2Cl)c(Cl)n1. The summed E-state index contributed by atoms with van der Waals surface area (Å²) < 4.78 is 17.1. The van der Waals surface area contributed by atoms with Crippen molar-refractivity contribution in [2.24, 2.45) is 5.92 Å². The summed E-state index contributed by atoms with van der Waals surface area (Å²) in [5.74, 6) is -2.45. The minimum atomic E-state index is -1.39. The zero-order valence-corrected chi connectivity index (χ0v) is 21.7. The number of aromatic nitrogens is 1. The Hall–Kier alpha value is -2.09. The van der Waals surface area contributed by atoms with Gasteiger partial charge in [0.25, 0.3) is 0 Å². The summed E-state index contributed by atoms with van der Waals surface area (Å²) >= 11 is 31.0. The zero-order chi connectivity index (χ0) is 25.5. The van der Waals surface area contributed by atoms with Crippen molar-refractivity contribution < 1.29 is 18.7 Å². The summed E-state index contributed by atoms with van der Waals surface area (Å²) in [6.45, 7) is 0. The normalized spacial score (nSPS) is 18.1. The molecule has 1 N–H and O–H groups in total. The van der Waals surface area contributed by atoms with Crippen LogP contribution in [0.25, 0.3) is 0 Å². The van der Waals surface area contributed by atoms with Gasteiger partial charge in [0.2, 0.25) is 11.8 Å². The number of anilines is 1. The molecule has 182 valence electrons. The summed E-state index contributed by atoms with van der Waals surface area (Å²) in [6.07, 6.45) is -0.0601. The number of alkyl halides is 2. The second kappa shape index (κ2) is 10.1. The number of hydrogen-bond donors (Lipinski definition) is 1. The molecule has 2 aromatic carbocycles.